The van der Waals surface area contributed by atoms with Crippen LogP contribution in [-0.2, 0) is 16.3 Å². The van der Waals surface area contributed by atoms with Crippen LogP contribution in [0, 0.1) is 29.1 Å². The monoisotopic (exact) mass is 641 g/mol. The van der Waals surface area contributed by atoms with Gasteiger partial charge in [-0.1, -0.05) is 18.2 Å². The highest BCUT2D eigenvalue weighted by Gasteiger charge is 2.32. The van der Waals surface area contributed by atoms with E-state index >= 15 is 0 Å². The van der Waals surface area contributed by atoms with E-state index in [-0.39, 0.29) is 27.9 Å². The van der Waals surface area contributed by atoms with Crippen molar-refractivity contribution in [3.63, 3.8) is 0 Å². The van der Waals surface area contributed by atoms with Crippen LogP contribution in [0.2, 0.25) is 0 Å². The molecular weight excluding hydrogens is 626 g/mol. The van der Waals surface area contributed by atoms with Gasteiger partial charge in [0.25, 0.3) is 5.56 Å². The molecule has 0 fully saturated rings. The van der Waals surface area contributed by atoms with Gasteiger partial charge in [0, 0.05) is 11.5 Å². The first-order chi connectivity index (χ1) is 20.6. The fourth-order valence-electron chi connectivity index (χ4n) is 4.36. The molecule has 0 saturated carbocycles. The maximum Gasteiger partial charge on any atom is 0.416 e. The van der Waals surface area contributed by atoms with Gasteiger partial charge in [-0.2, -0.15) is 30.4 Å². The van der Waals surface area contributed by atoms with E-state index in [9.17, 15) is 48.3 Å². The molecule has 44 heavy (non-hydrogen) atoms. The molecule has 0 saturated heterocycles. The first kappa shape index (κ1) is 30.5. The van der Waals surface area contributed by atoms with Crippen LogP contribution in [0.3, 0.4) is 0 Å². The van der Waals surface area contributed by atoms with Gasteiger partial charge in [-0.3, -0.25) is 9.36 Å². The standard InChI is InChI=1S/C29H15F8NO5S/c1-42-21-13-15(14-3-2-4-17(11-14)29(35,36)37)5-8-20(21)38-19-9-7-18(12-16(19)6-10-22(38)39)44(40,41)43-28-26(33)24(31)23(30)25(32)27(28)34/h2-13H,1H3. The van der Waals surface area contributed by atoms with E-state index in [1.54, 1.807) is 0 Å². The average molecular weight is 641 g/mol. The van der Waals surface area contributed by atoms with Gasteiger partial charge >= 0.3 is 16.3 Å². The second kappa shape index (κ2) is 11.0. The summed E-state index contributed by atoms with van der Waals surface area (Å²) in [6, 6.07) is 13.9. The van der Waals surface area contributed by atoms with Gasteiger partial charge in [-0.15, -0.1) is 0 Å². The van der Waals surface area contributed by atoms with Crippen molar-refractivity contribution in [2.75, 3.05) is 7.11 Å². The number of hydrogen-bond acceptors (Lipinski definition) is 5. The molecule has 1 aromatic heterocycles. The highest BCUT2D eigenvalue weighted by atomic mass is 32.2. The summed E-state index contributed by atoms with van der Waals surface area (Å²) >= 11 is 0. The largest absolute Gasteiger partial charge is 0.495 e. The van der Waals surface area contributed by atoms with E-state index in [4.69, 9.17) is 4.74 Å². The van der Waals surface area contributed by atoms with E-state index in [1.807, 2.05) is 0 Å². The smallest absolute Gasteiger partial charge is 0.416 e. The molecule has 0 amide bonds. The number of halogens is 8. The van der Waals surface area contributed by atoms with Crippen molar-refractivity contribution < 1.29 is 52.5 Å². The molecule has 0 bridgehead atoms. The molecule has 228 valence electrons. The molecule has 1 heterocycles. The second-order valence-corrected chi connectivity index (χ2v) is 10.7. The lowest BCUT2D eigenvalue weighted by atomic mass is 10.0. The molecule has 0 unspecified atom stereocenters. The number of alkyl halides is 3. The Morgan fingerprint density at radius 3 is 2.00 bits per heavy atom. The van der Waals surface area contributed by atoms with Gasteiger partial charge in [0.05, 0.1) is 23.9 Å². The zero-order valence-corrected chi connectivity index (χ0v) is 22.7. The van der Waals surface area contributed by atoms with Gasteiger partial charge in [-0.25, -0.2) is 13.2 Å². The average Bonchev–Trinajstić information content (AvgIpc) is 3.00. The van der Waals surface area contributed by atoms with Crippen molar-refractivity contribution in [1.82, 2.24) is 4.57 Å². The van der Waals surface area contributed by atoms with Crippen LogP contribution >= 0.6 is 0 Å². The number of methoxy groups -OCH3 is 1. The Bertz CT molecular complexity index is 2100. The van der Waals surface area contributed by atoms with Crippen molar-refractivity contribution >= 4 is 21.0 Å². The third-order valence-corrected chi connectivity index (χ3v) is 7.68. The first-order valence-corrected chi connectivity index (χ1v) is 13.5. The molecule has 0 aliphatic heterocycles. The Balaban J connectivity index is 1.58. The normalized spacial score (nSPS) is 12.0. The molecule has 5 rings (SSSR count). The summed E-state index contributed by atoms with van der Waals surface area (Å²) in [5.74, 6) is -14.3. The molecular formula is C29H15F8NO5S. The van der Waals surface area contributed by atoms with Crippen LogP contribution in [0.15, 0.2) is 82.5 Å². The van der Waals surface area contributed by atoms with E-state index < -0.39 is 67.1 Å². The van der Waals surface area contributed by atoms with Crippen molar-refractivity contribution in [1.29, 1.82) is 0 Å². The number of pyridine rings is 1. The molecule has 0 spiro atoms. The summed E-state index contributed by atoms with van der Waals surface area (Å²) in [7, 11) is -3.92. The molecule has 5 aromatic rings. The summed E-state index contributed by atoms with van der Waals surface area (Å²) < 4.78 is 145. The van der Waals surface area contributed by atoms with Crippen molar-refractivity contribution in [3.05, 3.63) is 118 Å². The zero-order chi connectivity index (χ0) is 32.1. The number of fused-ring (bicyclic) bond motifs is 1. The lowest BCUT2D eigenvalue weighted by molar-refractivity contribution is -0.137. The van der Waals surface area contributed by atoms with Crippen LogP contribution in [0.25, 0.3) is 27.7 Å². The minimum atomic E-state index is -5.17. The molecule has 0 aliphatic carbocycles. The van der Waals surface area contributed by atoms with Gasteiger partial charge in [-0.05, 0) is 59.7 Å². The second-order valence-electron chi connectivity index (χ2n) is 9.13. The number of ether oxygens (including phenoxy) is 1. The van der Waals surface area contributed by atoms with Crippen LogP contribution in [-0.4, -0.2) is 20.1 Å². The number of aromatic nitrogens is 1. The quantitative estimate of drug-likeness (QED) is 0.0853. The van der Waals surface area contributed by atoms with E-state index in [2.05, 4.69) is 4.18 Å². The molecule has 0 atom stereocenters. The fourth-order valence-corrected chi connectivity index (χ4v) is 5.33. The van der Waals surface area contributed by atoms with Gasteiger partial charge in [0.15, 0.2) is 0 Å². The highest BCUT2D eigenvalue weighted by Crippen LogP contribution is 2.36. The topological polar surface area (TPSA) is 74.6 Å². The van der Waals surface area contributed by atoms with Gasteiger partial charge < -0.3 is 8.92 Å². The van der Waals surface area contributed by atoms with E-state index in [0.29, 0.717) is 5.56 Å². The van der Waals surface area contributed by atoms with Crippen molar-refractivity contribution in [2.45, 2.75) is 11.1 Å². The third kappa shape index (κ3) is 5.34. The predicted molar refractivity (Wildman–Crippen MR) is 141 cm³/mol. The van der Waals surface area contributed by atoms with Gasteiger partial charge in [0.1, 0.15) is 10.6 Å². The van der Waals surface area contributed by atoms with Crippen LogP contribution in [0.5, 0.6) is 11.5 Å². The summed E-state index contributed by atoms with van der Waals surface area (Å²) in [6.45, 7) is 0. The molecule has 0 N–H and O–H groups in total. The summed E-state index contributed by atoms with van der Waals surface area (Å²) in [4.78, 5) is 12.2. The summed E-state index contributed by atoms with van der Waals surface area (Å²) in [6.07, 6.45) is -4.58. The minimum Gasteiger partial charge on any atom is -0.495 e. The lowest BCUT2D eigenvalue weighted by Gasteiger charge is -2.16. The number of rotatable bonds is 6. The Morgan fingerprint density at radius 1 is 0.727 bits per heavy atom. The maximum absolute atomic E-state index is 14.1. The summed E-state index contributed by atoms with van der Waals surface area (Å²) in [5, 5.41) is 0.0516. The van der Waals surface area contributed by atoms with Crippen molar-refractivity contribution in [3.8, 4) is 28.3 Å². The molecule has 0 aliphatic rings. The first-order valence-electron chi connectivity index (χ1n) is 12.1. The van der Waals surface area contributed by atoms with Crippen LogP contribution < -0.4 is 14.5 Å². The van der Waals surface area contributed by atoms with E-state index in [1.165, 1.54) is 43.5 Å². The minimum absolute atomic E-state index is 0.0516. The number of nitrogens with zero attached hydrogens (tertiary/aromatic N) is 1. The fraction of sp³-hybridized carbons (Fsp3) is 0.0690. The van der Waals surface area contributed by atoms with E-state index in [0.717, 1.165) is 41.0 Å². The Labute approximate surface area is 242 Å². The summed E-state index contributed by atoms with van der Waals surface area (Å²) in [5.41, 5.74) is -0.777. The highest BCUT2D eigenvalue weighted by molar-refractivity contribution is 7.87. The Hall–Kier alpha value is -4.92. The molecule has 4 aromatic carbocycles. The number of hydrogen-bond donors (Lipinski definition) is 0. The SMILES string of the molecule is COc1cc(-c2cccc(C(F)(F)F)c2)ccc1-n1c(=O)ccc2cc(S(=O)(=O)Oc3c(F)c(F)c(F)c(F)c3F)ccc21. The van der Waals surface area contributed by atoms with Gasteiger partial charge in [0.2, 0.25) is 34.8 Å². The molecule has 6 nitrogen and oxygen atoms in total. The molecule has 15 heteroatoms. The Morgan fingerprint density at radius 2 is 1.36 bits per heavy atom. The van der Waals surface area contributed by atoms with Crippen LogP contribution in [0.1, 0.15) is 5.56 Å². The maximum atomic E-state index is 14.1. The van der Waals surface area contributed by atoms with Crippen LogP contribution in [0.4, 0.5) is 35.1 Å². The predicted octanol–water partition coefficient (Wildman–Crippen LogP) is 7.15. The number of benzene rings is 4. The Kier molecular flexibility index (Phi) is 7.61. The van der Waals surface area contributed by atoms with Crippen molar-refractivity contribution in [2.24, 2.45) is 0 Å². The lowest BCUT2D eigenvalue weighted by Crippen LogP contribution is -2.19. The third-order valence-electron chi connectivity index (χ3n) is 6.46. The molecule has 0 radical (unpaired) electrons. The zero-order valence-electron chi connectivity index (χ0n) is 21.8.